The Bertz CT molecular complexity index is 457. The van der Waals surface area contributed by atoms with Crippen molar-refractivity contribution in [3.63, 3.8) is 0 Å². The van der Waals surface area contributed by atoms with Gasteiger partial charge in [0, 0.05) is 11.3 Å². The Hall–Kier alpha value is -1.49. The van der Waals surface area contributed by atoms with Crippen LogP contribution in [0.5, 0.6) is 0 Å². The second-order valence-electron chi connectivity index (χ2n) is 5.12. The molecule has 0 aromatic heterocycles. The van der Waals surface area contributed by atoms with Crippen LogP contribution < -0.4 is 5.32 Å². The van der Waals surface area contributed by atoms with E-state index in [9.17, 15) is 9.59 Å². The van der Waals surface area contributed by atoms with Gasteiger partial charge < -0.3 is 10.4 Å². The highest BCUT2D eigenvalue weighted by Gasteiger charge is 2.21. The molecule has 0 heterocycles. The van der Waals surface area contributed by atoms with Gasteiger partial charge in [0.2, 0.25) is 0 Å². The third kappa shape index (κ3) is 5.25. The van der Waals surface area contributed by atoms with Crippen molar-refractivity contribution in [1.29, 1.82) is 0 Å². The van der Waals surface area contributed by atoms with E-state index in [1.807, 2.05) is 32.2 Å². The normalized spacial score (nSPS) is 12.2. The molecular formula is C15H21NO3S. The zero-order valence-electron chi connectivity index (χ0n) is 12.1. The van der Waals surface area contributed by atoms with Crippen LogP contribution in [0.2, 0.25) is 0 Å². The van der Waals surface area contributed by atoms with Gasteiger partial charge in [-0.2, -0.15) is 11.8 Å². The Labute approximate surface area is 124 Å². The first-order valence-electron chi connectivity index (χ1n) is 6.55. The monoisotopic (exact) mass is 295 g/mol. The number of carboxylic acids is 1. The minimum atomic E-state index is -0.994. The molecule has 110 valence electrons. The van der Waals surface area contributed by atoms with Crippen LogP contribution in [-0.2, 0) is 10.5 Å². The molecule has 1 aromatic rings. The lowest BCUT2D eigenvalue weighted by atomic mass is 10.0. The van der Waals surface area contributed by atoms with Gasteiger partial charge in [-0.1, -0.05) is 26.0 Å². The summed E-state index contributed by atoms with van der Waals surface area (Å²) >= 11 is 1.71. The number of thioether (sulfide) groups is 1. The van der Waals surface area contributed by atoms with Crippen molar-refractivity contribution < 1.29 is 14.7 Å². The molecular weight excluding hydrogens is 274 g/mol. The highest BCUT2D eigenvalue weighted by atomic mass is 32.2. The summed E-state index contributed by atoms with van der Waals surface area (Å²) in [6, 6.07) is 6.41. The third-order valence-electron chi connectivity index (χ3n) is 2.84. The standard InChI is InChI=1S/C15H21NO3S/c1-10(2)8-13(15(18)19)16-14(17)12-6-4-11(5-7-12)9-20-3/h4-7,10,13H,8-9H2,1-3H3,(H,16,17)(H,18,19). The molecule has 0 saturated carbocycles. The summed E-state index contributed by atoms with van der Waals surface area (Å²) in [6.07, 6.45) is 2.44. The molecule has 4 nitrogen and oxygen atoms in total. The summed E-state index contributed by atoms with van der Waals surface area (Å²) in [6.45, 7) is 3.86. The van der Waals surface area contributed by atoms with E-state index in [-0.39, 0.29) is 11.8 Å². The van der Waals surface area contributed by atoms with Gasteiger partial charge in [0.25, 0.3) is 5.91 Å². The summed E-state index contributed by atoms with van der Waals surface area (Å²) in [5.74, 6) is -0.229. The number of hydrogen-bond donors (Lipinski definition) is 2. The number of benzene rings is 1. The summed E-state index contributed by atoms with van der Waals surface area (Å²) in [4.78, 5) is 23.2. The maximum absolute atomic E-state index is 12.0. The van der Waals surface area contributed by atoms with Crippen LogP contribution in [-0.4, -0.2) is 29.3 Å². The zero-order chi connectivity index (χ0) is 15.1. The molecule has 1 atom stereocenters. The molecule has 1 aromatic carbocycles. The van der Waals surface area contributed by atoms with Gasteiger partial charge >= 0.3 is 5.97 Å². The quantitative estimate of drug-likeness (QED) is 0.811. The van der Waals surface area contributed by atoms with Crippen molar-refractivity contribution >= 4 is 23.6 Å². The van der Waals surface area contributed by atoms with Crippen LogP contribution in [0.1, 0.15) is 36.2 Å². The van der Waals surface area contributed by atoms with E-state index in [4.69, 9.17) is 5.11 Å². The van der Waals surface area contributed by atoms with Crippen LogP contribution in [0, 0.1) is 5.92 Å². The number of aliphatic carboxylic acids is 1. The number of carbonyl (C=O) groups is 2. The molecule has 0 radical (unpaired) electrons. The number of amides is 1. The molecule has 0 spiro atoms. The second kappa shape index (κ2) is 7.94. The first kappa shape index (κ1) is 16.6. The SMILES string of the molecule is CSCc1ccc(C(=O)NC(CC(C)C)C(=O)O)cc1. The fraction of sp³-hybridized carbons (Fsp3) is 0.467. The van der Waals surface area contributed by atoms with Crippen LogP contribution in [0.4, 0.5) is 0 Å². The van der Waals surface area contributed by atoms with E-state index in [1.165, 1.54) is 0 Å². The Balaban J connectivity index is 2.70. The number of hydrogen-bond acceptors (Lipinski definition) is 3. The van der Waals surface area contributed by atoms with Gasteiger partial charge in [-0.25, -0.2) is 4.79 Å². The number of nitrogens with one attached hydrogen (secondary N) is 1. The fourth-order valence-electron chi connectivity index (χ4n) is 1.85. The Morgan fingerprint density at radius 3 is 2.30 bits per heavy atom. The minimum absolute atomic E-state index is 0.209. The molecule has 5 heteroatoms. The van der Waals surface area contributed by atoms with Crippen molar-refractivity contribution in [1.82, 2.24) is 5.32 Å². The molecule has 0 aliphatic rings. The van der Waals surface area contributed by atoms with Crippen molar-refractivity contribution in [3.8, 4) is 0 Å². The molecule has 1 amide bonds. The highest BCUT2D eigenvalue weighted by Crippen LogP contribution is 2.11. The van der Waals surface area contributed by atoms with Gasteiger partial charge in [0.1, 0.15) is 6.04 Å². The van der Waals surface area contributed by atoms with Gasteiger partial charge in [-0.05, 0) is 36.3 Å². The minimum Gasteiger partial charge on any atom is -0.480 e. The highest BCUT2D eigenvalue weighted by molar-refractivity contribution is 7.97. The van der Waals surface area contributed by atoms with E-state index < -0.39 is 12.0 Å². The second-order valence-corrected chi connectivity index (χ2v) is 5.99. The predicted octanol–water partition coefficient (Wildman–Crippen LogP) is 2.78. The number of carbonyl (C=O) groups excluding carboxylic acids is 1. The summed E-state index contributed by atoms with van der Waals surface area (Å²) in [5, 5.41) is 11.7. The van der Waals surface area contributed by atoms with Gasteiger partial charge in [-0.3, -0.25) is 4.79 Å². The largest absolute Gasteiger partial charge is 0.480 e. The molecule has 0 aliphatic heterocycles. The maximum Gasteiger partial charge on any atom is 0.326 e. The zero-order valence-corrected chi connectivity index (χ0v) is 12.9. The smallest absolute Gasteiger partial charge is 0.326 e. The summed E-state index contributed by atoms with van der Waals surface area (Å²) in [7, 11) is 0. The van der Waals surface area contributed by atoms with Crippen LogP contribution in [0.3, 0.4) is 0 Å². The molecule has 20 heavy (non-hydrogen) atoms. The average Bonchev–Trinajstić information content (AvgIpc) is 2.38. The first-order valence-corrected chi connectivity index (χ1v) is 7.95. The maximum atomic E-state index is 12.0. The molecule has 0 saturated heterocycles. The van der Waals surface area contributed by atoms with E-state index in [0.29, 0.717) is 12.0 Å². The van der Waals surface area contributed by atoms with Crippen molar-refractivity contribution in [2.45, 2.75) is 32.1 Å². The Morgan fingerprint density at radius 2 is 1.85 bits per heavy atom. The molecule has 1 unspecified atom stereocenters. The van der Waals surface area contributed by atoms with E-state index >= 15 is 0 Å². The lowest BCUT2D eigenvalue weighted by Gasteiger charge is -2.16. The van der Waals surface area contributed by atoms with E-state index in [2.05, 4.69) is 5.32 Å². The average molecular weight is 295 g/mol. The van der Waals surface area contributed by atoms with Crippen LogP contribution >= 0.6 is 11.8 Å². The molecule has 1 rings (SSSR count). The topological polar surface area (TPSA) is 66.4 Å². The van der Waals surface area contributed by atoms with Crippen molar-refractivity contribution in [3.05, 3.63) is 35.4 Å². The van der Waals surface area contributed by atoms with Crippen LogP contribution in [0.25, 0.3) is 0 Å². The first-order chi connectivity index (χ1) is 9.43. The van der Waals surface area contributed by atoms with E-state index in [0.717, 1.165) is 11.3 Å². The number of rotatable bonds is 7. The lowest BCUT2D eigenvalue weighted by Crippen LogP contribution is -2.41. The summed E-state index contributed by atoms with van der Waals surface area (Å²) < 4.78 is 0. The number of carboxylic acid groups (broad SMARTS) is 1. The van der Waals surface area contributed by atoms with E-state index in [1.54, 1.807) is 23.9 Å². The molecule has 2 N–H and O–H groups in total. The Morgan fingerprint density at radius 1 is 1.25 bits per heavy atom. The van der Waals surface area contributed by atoms with Crippen molar-refractivity contribution in [2.24, 2.45) is 5.92 Å². The molecule has 0 fully saturated rings. The molecule has 0 bridgehead atoms. The summed E-state index contributed by atoms with van der Waals surface area (Å²) in [5.41, 5.74) is 1.64. The van der Waals surface area contributed by atoms with Crippen molar-refractivity contribution in [2.75, 3.05) is 6.26 Å². The third-order valence-corrected chi connectivity index (χ3v) is 3.46. The predicted molar refractivity (Wildman–Crippen MR) is 82.0 cm³/mol. The lowest BCUT2D eigenvalue weighted by molar-refractivity contribution is -0.139. The fourth-order valence-corrected chi connectivity index (χ4v) is 2.38. The van der Waals surface area contributed by atoms with Gasteiger partial charge in [0.05, 0.1) is 0 Å². The van der Waals surface area contributed by atoms with Crippen LogP contribution in [0.15, 0.2) is 24.3 Å². The van der Waals surface area contributed by atoms with Gasteiger partial charge in [-0.15, -0.1) is 0 Å². The Kier molecular flexibility index (Phi) is 6.58. The van der Waals surface area contributed by atoms with Gasteiger partial charge in [0.15, 0.2) is 0 Å². The molecule has 0 aliphatic carbocycles.